The van der Waals surface area contributed by atoms with Crippen molar-refractivity contribution in [1.82, 2.24) is 10.3 Å². The average Bonchev–Trinajstić information content (AvgIpc) is 2.67. The standard InChI is InChI=1S/C21H20ClN3O/c1-15-6-2-3-7-16(15)12-25-21(26)18-10-19(14-23-11-18)24-13-17-8-4-5-9-20(17)22/h2-11,14,24H,12-13H2,1H3,(H,25,26). The van der Waals surface area contributed by atoms with Crippen molar-refractivity contribution >= 4 is 23.2 Å². The van der Waals surface area contributed by atoms with Crippen LogP contribution in [0.5, 0.6) is 0 Å². The summed E-state index contributed by atoms with van der Waals surface area (Å²) < 4.78 is 0. The quantitative estimate of drug-likeness (QED) is 0.672. The molecule has 1 aromatic heterocycles. The summed E-state index contributed by atoms with van der Waals surface area (Å²) in [5, 5.41) is 6.90. The minimum atomic E-state index is -0.151. The minimum Gasteiger partial charge on any atom is -0.380 e. The summed E-state index contributed by atoms with van der Waals surface area (Å²) in [5.74, 6) is -0.151. The Labute approximate surface area is 158 Å². The topological polar surface area (TPSA) is 54.0 Å². The zero-order valence-electron chi connectivity index (χ0n) is 14.5. The fourth-order valence-electron chi connectivity index (χ4n) is 2.59. The van der Waals surface area contributed by atoms with E-state index in [9.17, 15) is 4.79 Å². The number of hydrogen-bond acceptors (Lipinski definition) is 3. The van der Waals surface area contributed by atoms with Crippen molar-refractivity contribution in [2.45, 2.75) is 20.0 Å². The van der Waals surface area contributed by atoms with Gasteiger partial charge in [0.1, 0.15) is 0 Å². The number of benzene rings is 2. The van der Waals surface area contributed by atoms with Crippen LogP contribution in [0.4, 0.5) is 5.69 Å². The van der Waals surface area contributed by atoms with Crippen LogP contribution in [0.25, 0.3) is 0 Å². The molecule has 5 heteroatoms. The molecule has 1 heterocycles. The number of pyridine rings is 1. The Bertz CT molecular complexity index is 911. The second kappa shape index (κ2) is 8.50. The third-order valence-corrected chi connectivity index (χ3v) is 4.51. The van der Waals surface area contributed by atoms with Crippen LogP contribution in [-0.4, -0.2) is 10.9 Å². The molecule has 0 saturated carbocycles. The number of amides is 1. The van der Waals surface area contributed by atoms with Crippen molar-refractivity contribution in [1.29, 1.82) is 0 Å². The Morgan fingerprint density at radius 1 is 1.00 bits per heavy atom. The Morgan fingerprint density at radius 3 is 2.50 bits per heavy atom. The fraction of sp³-hybridized carbons (Fsp3) is 0.143. The highest BCUT2D eigenvalue weighted by Crippen LogP contribution is 2.17. The lowest BCUT2D eigenvalue weighted by Gasteiger charge is -2.10. The van der Waals surface area contributed by atoms with Crippen molar-refractivity contribution in [3.8, 4) is 0 Å². The first-order valence-corrected chi connectivity index (χ1v) is 8.76. The number of rotatable bonds is 6. The summed E-state index contributed by atoms with van der Waals surface area (Å²) in [7, 11) is 0. The summed E-state index contributed by atoms with van der Waals surface area (Å²) in [5.41, 5.74) is 4.53. The van der Waals surface area contributed by atoms with Crippen LogP contribution >= 0.6 is 11.6 Å². The first kappa shape index (κ1) is 18.0. The van der Waals surface area contributed by atoms with Crippen molar-refractivity contribution < 1.29 is 4.79 Å². The van der Waals surface area contributed by atoms with E-state index in [4.69, 9.17) is 11.6 Å². The third-order valence-electron chi connectivity index (χ3n) is 4.14. The number of nitrogens with one attached hydrogen (secondary N) is 2. The molecular weight excluding hydrogens is 346 g/mol. The van der Waals surface area contributed by atoms with Gasteiger partial charge in [-0.25, -0.2) is 0 Å². The van der Waals surface area contributed by atoms with Gasteiger partial charge in [-0.1, -0.05) is 54.1 Å². The highest BCUT2D eigenvalue weighted by atomic mass is 35.5. The molecule has 0 radical (unpaired) electrons. The molecule has 2 N–H and O–H groups in total. The van der Waals surface area contributed by atoms with Gasteiger partial charge in [0.2, 0.25) is 0 Å². The molecule has 0 aliphatic heterocycles. The van der Waals surface area contributed by atoms with Gasteiger partial charge in [0, 0.05) is 30.5 Å². The molecule has 0 spiro atoms. The van der Waals surface area contributed by atoms with E-state index < -0.39 is 0 Å². The van der Waals surface area contributed by atoms with Crippen molar-refractivity contribution in [3.05, 3.63) is 94.3 Å². The smallest absolute Gasteiger partial charge is 0.253 e. The lowest BCUT2D eigenvalue weighted by molar-refractivity contribution is 0.0950. The molecule has 0 unspecified atom stereocenters. The number of carbonyl (C=O) groups is 1. The van der Waals surface area contributed by atoms with Crippen LogP contribution < -0.4 is 10.6 Å². The molecule has 1 amide bonds. The van der Waals surface area contributed by atoms with Crippen LogP contribution in [-0.2, 0) is 13.1 Å². The Hall–Kier alpha value is -2.85. The second-order valence-electron chi connectivity index (χ2n) is 6.02. The summed E-state index contributed by atoms with van der Waals surface area (Å²) >= 11 is 6.16. The van der Waals surface area contributed by atoms with Crippen LogP contribution in [0, 0.1) is 6.92 Å². The maximum atomic E-state index is 12.4. The van der Waals surface area contributed by atoms with E-state index in [1.165, 1.54) is 0 Å². The molecule has 3 rings (SSSR count). The molecule has 0 fully saturated rings. The number of carbonyl (C=O) groups excluding carboxylic acids is 1. The number of halogens is 1. The normalized spacial score (nSPS) is 10.4. The maximum Gasteiger partial charge on any atom is 0.253 e. The molecule has 4 nitrogen and oxygen atoms in total. The van der Waals surface area contributed by atoms with Gasteiger partial charge in [-0.05, 0) is 35.7 Å². The summed E-state index contributed by atoms with van der Waals surface area (Å²) in [6, 6.07) is 17.4. The summed E-state index contributed by atoms with van der Waals surface area (Å²) in [6.07, 6.45) is 3.25. The first-order chi connectivity index (χ1) is 12.6. The zero-order valence-corrected chi connectivity index (χ0v) is 15.3. The van der Waals surface area contributed by atoms with Crippen molar-refractivity contribution in [2.75, 3.05) is 5.32 Å². The first-order valence-electron chi connectivity index (χ1n) is 8.38. The predicted octanol–water partition coefficient (Wildman–Crippen LogP) is 4.59. The third kappa shape index (κ3) is 4.61. The van der Waals surface area contributed by atoms with E-state index >= 15 is 0 Å². The van der Waals surface area contributed by atoms with Gasteiger partial charge in [0.25, 0.3) is 5.91 Å². The summed E-state index contributed by atoms with van der Waals surface area (Å²) in [4.78, 5) is 16.6. The highest BCUT2D eigenvalue weighted by Gasteiger charge is 2.08. The molecule has 0 aliphatic rings. The van der Waals surface area contributed by atoms with Gasteiger partial charge in [0.05, 0.1) is 11.3 Å². The Kier molecular flexibility index (Phi) is 5.87. The van der Waals surface area contributed by atoms with Gasteiger partial charge in [-0.3, -0.25) is 9.78 Å². The van der Waals surface area contributed by atoms with Crippen LogP contribution in [0.15, 0.2) is 67.0 Å². The van der Waals surface area contributed by atoms with E-state index in [2.05, 4.69) is 15.6 Å². The molecular formula is C21H20ClN3O. The molecule has 2 aromatic carbocycles. The largest absolute Gasteiger partial charge is 0.380 e. The molecule has 0 aliphatic carbocycles. The average molecular weight is 366 g/mol. The lowest BCUT2D eigenvalue weighted by Crippen LogP contribution is -2.23. The van der Waals surface area contributed by atoms with E-state index in [0.717, 1.165) is 22.4 Å². The Morgan fingerprint density at radius 2 is 1.73 bits per heavy atom. The minimum absolute atomic E-state index is 0.151. The van der Waals surface area contributed by atoms with E-state index in [-0.39, 0.29) is 5.91 Å². The highest BCUT2D eigenvalue weighted by molar-refractivity contribution is 6.31. The van der Waals surface area contributed by atoms with Gasteiger partial charge in [-0.2, -0.15) is 0 Å². The molecule has 0 bridgehead atoms. The number of hydrogen-bond donors (Lipinski definition) is 2. The molecule has 0 atom stereocenters. The SMILES string of the molecule is Cc1ccccc1CNC(=O)c1cncc(NCc2ccccc2Cl)c1. The predicted molar refractivity (Wildman–Crippen MR) is 105 cm³/mol. The number of anilines is 1. The molecule has 3 aromatic rings. The van der Waals surface area contributed by atoms with Gasteiger partial charge < -0.3 is 10.6 Å². The van der Waals surface area contributed by atoms with E-state index in [1.807, 2.05) is 55.5 Å². The van der Waals surface area contributed by atoms with Gasteiger partial charge in [0.15, 0.2) is 0 Å². The van der Waals surface area contributed by atoms with Crippen LogP contribution in [0.1, 0.15) is 27.0 Å². The molecule has 132 valence electrons. The summed E-state index contributed by atoms with van der Waals surface area (Å²) in [6.45, 7) is 3.08. The number of aryl methyl sites for hydroxylation is 1. The maximum absolute atomic E-state index is 12.4. The van der Waals surface area contributed by atoms with Crippen LogP contribution in [0.3, 0.4) is 0 Å². The molecule has 26 heavy (non-hydrogen) atoms. The van der Waals surface area contributed by atoms with Crippen LogP contribution in [0.2, 0.25) is 5.02 Å². The monoisotopic (exact) mass is 365 g/mol. The van der Waals surface area contributed by atoms with Gasteiger partial charge >= 0.3 is 0 Å². The fourth-order valence-corrected chi connectivity index (χ4v) is 2.79. The van der Waals surface area contributed by atoms with E-state index in [1.54, 1.807) is 18.5 Å². The van der Waals surface area contributed by atoms with Crippen molar-refractivity contribution in [2.24, 2.45) is 0 Å². The lowest BCUT2D eigenvalue weighted by atomic mass is 10.1. The van der Waals surface area contributed by atoms with Gasteiger partial charge in [-0.15, -0.1) is 0 Å². The zero-order chi connectivity index (χ0) is 18.4. The van der Waals surface area contributed by atoms with Crippen molar-refractivity contribution in [3.63, 3.8) is 0 Å². The second-order valence-corrected chi connectivity index (χ2v) is 6.42. The number of aromatic nitrogens is 1. The molecule has 0 saturated heterocycles. The Balaban J connectivity index is 1.62. The number of nitrogens with zero attached hydrogens (tertiary/aromatic N) is 1. The van der Waals surface area contributed by atoms with E-state index in [0.29, 0.717) is 23.7 Å².